The number of hydrogen-bond acceptors (Lipinski definition) is 4. The minimum absolute atomic E-state index is 0.140. The van der Waals surface area contributed by atoms with E-state index in [0.29, 0.717) is 16.3 Å². The molecule has 1 aromatic heterocycles. The van der Waals surface area contributed by atoms with E-state index in [4.69, 9.17) is 5.41 Å². The molecule has 0 spiro atoms. The van der Waals surface area contributed by atoms with Gasteiger partial charge in [-0.1, -0.05) is 12.1 Å². The maximum atomic E-state index is 13.1. The smallest absolute Gasteiger partial charge is 0.139 e. The molecular weight excluding hydrogens is 361 g/mol. The average molecular weight is 379 g/mol. The number of nitrogens with one attached hydrogen (secondary N) is 1. The highest BCUT2D eigenvalue weighted by Gasteiger charge is 2.32. The summed E-state index contributed by atoms with van der Waals surface area (Å²) >= 11 is 1.37. The molecule has 0 fully saturated rings. The summed E-state index contributed by atoms with van der Waals surface area (Å²) in [7, 11) is 0. The Morgan fingerprint density at radius 1 is 1.15 bits per heavy atom. The molecule has 2 heterocycles. The quantitative estimate of drug-likeness (QED) is 0.646. The predicted octanol–water partition coefficient (Wildman–Crippen LogP) is 5.33. The lowest BCUT2D eigenvalue weighted by atomic mass is 10.1. The van der Waals surface area contributed by atoms with Crippen molar-refractivity contribution < 1.29 is 9.50 Å². The molecular formula is C21H18FN3OS. The zero-order chi connectivity index (χ0) is 19.1. The van der Waals surface area contributed by atoms with Gasteiger partial charge in [-0.3, -0.25) is 5.41 Å². The monoisotopic (exact) mass is 379 g/mol. The zero-order valence-corrected chi connectivity index (χ0v) is 15.8. The molecule has 1 aliphatic heterocycles. The van der Waals surface area contributed by atoms with Gasteiger partial charge in [-0.15, -0.1) is 11.3 Å². The molecule has 136 valence electrons. The fraction of sp³-hybridized carbons (Fsp3) is 0.143. The number of hydrogen-bond donors (Lipinski definition) is 2. The number of nitrogens with zero attached hydrogens (tertiary/aromatic N) is 2. The second kappa shape index (κ2) is 6.63. The molecule has 1 aliphatic rings. The van der Waals surface area contributed by atoms with E-state index in [2.05, 4.69) is 4.98 Å². The molecule has 0 saturated heterocycles. The van der Waals surface area contributed by atoms with Gasteiger partial charge >= 0.3 is 0 Å². The van der Waals surface area contributed by atoms with E-state index in [1.165, 1.54) is 23.5 Å². The second-order valence-electron chi connectivity index (χ2n) is 6.52. The fourth-order valence-corrected chi connectivity index (χ4v) is 4.08. The van der Waals surface area contributed by atoms with Crippen molar-refractivity contribution in [1.82, 2.24) is 4.98 Å². The lowest BCUT2D eigenvalue weighted by Crippen LogP contribution is -2.27. The largest absolute Gasteiger partial charge is 0.510 e. The number of anilines is 1. The van der Waals surface area contributed by atoms with Gasteiger partial charge < -0.3 is 10.0 Å². The maximum absolute atomic E-state index is 13.1. The third-order valence-electron chi connectivity index (χ3n) is 4.83. The average Bonchev–Trinajstić information content (AvgIpc) is 3.23. The van der Waals surface area contributed by atoms with E-state index >= 15 is 0 Å². The van der Waals surface area contributed by atoms with E-state index < -0.39 is 0 Å². The van der Waals surface area contributed by atoms with Crippen molar-refractivity contribution in [1.29, 1.82) is 5.41 Å². The Hall–Kier alpha value is -2.99. The minimum Gasteiger partial charge on any atom is -0.510 e. The SMILES string of the molecule is Cc1cccc(N2CC(O)=C(c3nc(-c4ccc(F)cc4)cs3)C2=N)c1C. The molecule has 0 amide bonds. The fourth-order valence-electron chi connectivity index (χ4n) is 3.18. The van der Waals surface area contributed by atoms with Gasteiger partial charge in [0.2, 0.25) is 0 Å². The number of aliphatic hydroxyl groups excluding tert-OH is 1. The molecule has 6 heteroatoms. The Morgan fingerprint density at radius 2 is 1.89 bits per heavy atom. The van der Waals surface area contributed by atoms with Crippen molar-refractivity contribution >= 4 is 28.4 Å². The number of thiazole rings is 1. The Morgan fingerprint density at radius 3 is 2.63 bits per heavy atom. The third-order valence-corrected chi connectivity index (χ3v) is 5.69. The highest BCUT2D eigenvalue weighted by molar-refractivity contribution is 7.11. The van der Waals surface area contributed by atoms with Crippen LogP contribution in [-0.4, -0.2) is 22.5 Å². The summed E-state index contributed by atoms with van der Waals surface area (Å²) in [5.74, 6) is 0.0819. The molecule has 0 bridgehead atoms. The van der Waals surface area contributed by atoms with E-state index in [9.17, 15) is 9.50 Å². The Labute approximate surface area is 160 Å². The van der Waals surface area contributed by atoms with Crippen molar-refractivity contribution in [2.75, 3.05) is 11.4 Å². The van der Waals surface area contributed by atoms with Crippen molar-refractivity contribution in [2.45, 2.75) is 13.8 Å². The third kappa shape index (κ3) is 3.02. The first kappa shape index (κ1) is 17.4. The number of amidine groups is 1. The summed E-state index contributed by atoms with van der Waals surface area (Å²) < 4.78 is 13.1. The van der Waals surface area contributed by atoms with Crippen LogP contribution in [0.15, 0.2) is 53.6 Å². The van der Waals surface area contributed by atoms with E-state index in [1.54, 1.807) is 17.0 Å². The summed E-state index contributed by atoms with van der Waals surface area (Å²) in [6.07, 6.45) is 0. The summed E-state index contributed by atoms with van der Waals surface area (Å²) in [6.45, 7) is 4.30. The van der Waals surface area contributed by atoms with E-state index in [1.807, 2.05) is 37.4 Å². The molecule has 4 rings (SSSR count). The van der Waals surface area contributed by atoms with Crippen LogP contribution >= 0.6 is 11.3 Å². The molecule has 2 N–H and O–H groups in total. The van der Waals surface area contributed by atoms with Gasteiger partial charge in [0.05, 0.1) is 17.8 Å². The highest BCUT2D eigenvalue weighted by Crippen LogP contribution is 2.35. The molecule has 0 radical (unpaired) electrons. The van der Waals surface area contributed by atoms with Gasteiger partial charge in [0.25, 0.3) is 0 Å². The molecule has 2 aromatic carbocycles. The molecule has 3 aromatic rings. The van der Waals surface area contributed by atoms with E-state index in [-0.39, 0.29) is 24.0 Å². The predicted molar refractivity (Wildman–Crippen MR) is 108 cm³/mol. The molecule has 0 unspecified atom stereocenters. The topological polar surface area (TPSA) is 60.2 Å². The van der Waals surface area contributed by atoms with Gasteiger partial charge in [0, 0.05) is 16.6 Å². The number of aromatic nitrogens is 1. The first-order valence-electron chi connectivity index (χ1n) is 8.52. The van der Waals surface area contributed by atoms with Gasteiger partial charge in [0.1, 0.15) is 22.4 Å². The van der Waals surface area contributed by atoms with E-state index in [0.717, 1.165) is 22.4 Å². The van der Waals surface area contributed by atoms with Crippen molar-refractivity contribution in [3.8, 4) is 11.3 Å². The standard InChI is InChI=1S/C21H18FN3OS/c1-12-4-3-5-17(13(12)2)25-10-18(26)19(20(25)23)21-24-16(11-27-21)14-6-8-15(22)9-7-14/h3-9,11,23,26H,10H2,1-2H3. The second-order valence-corrected chi connectivity index (χ2v) is 7.38. The van der Waals surface area contributed by atoms with Gasteiger partial charge in [-0.05, 0) is 55.3 Å². The number of halogens is 1. The highest BCUT2D eigenvalue weighted by atomic mass is 32.1. The molecule has 27 heavy (non-hydrogen) atoms. The summed E-state index contributed by atoms with van der Waals surface area (Å²) in [5, 5.41) is 21.6. The van der Waals surface area contributed by atoms with Crippen LogP contribution in [0.2, 0.25) is 0 Å². The molecule has 0 aliphatic carbocycles. The molecule has 0 saturated carbocycles. The minimum atomic E-state index is -0.295. The molecule has 0 atom stereocenters. The number of aliphatic hydroxyl groups is 1. The normalized spacial score (nSPS) is 14.3. The summed E-state index contributed by atoms with van der Waals surface area (Å²) in [5.41, 5.74) is 5.10. The van der Waals surface area contributed by atoms with Crippen LogP contribution in [0.4, 0.5) is 10.1 Å². The maximum Gasteiger partial charge on any atom is 0.139 e. The van der Waals surface area contributed by atoms with Crippen LogP contribution in [0.1, 0.15) is 16.1 Å². The van der Waals surface area contributed by atoms with Crippen LogP contribution in [-0.2, 0) is 0 Å². The van der Waals surface area contributed by atoms with Crippen LogP contribution in [0.25, 0.3) is 16.8 Å². The van der Waals surface area contributed by atoms with Crippen LogP contribution in [0.5, 0.6) is 0 Å². The lowest BCUT2D eigenvalue weighted by Gasteiger charge is -2.21. The number of aryl methyl sites for hydroxylation is 1. The van der Waals surface area contributed by atoms with Crippen molar-refractivity contribution in [3.63, 3.8) is 0 Å². The first-order chi connectivity index (χ1) is 13.0. The van der Waals surface area contributed by atoms with Gasteiger partial charge in [-0.2, -0.15) is 0 Å². The lowest BCUT2D eigenvalue weighted by molar-refractivity contribution is 0.411. The summed E-state index contributed by atoms with van der Waals surface area (Å²) in [4.78, 5) is 6.37. The Kier molecular flexibility index (Phi) is 4.28. The van der Waals surface area contributed by atoms with Gasteiger partial charge in [0.15, 0.2) is 0 Å². The molecule has 4 nitrogen and oxygen atoms in total. The summed E-state index contributed by atoms with van der Waals surface area (Å²) in [6, 6.07) is 12.1. The zero-order valence-electron chi connectivity index (χ0n) is 15.0. The Bertz CT molecular complexity index is 1070. The van der Waals surface area contributed by atoms with Crippen LogP contribution in [0.3, 0.4) is 0 Å². The number of rotatable bonds is 3. The first-order valence-corrected chi connectivity index (χ1v) is 9.40. The van der Waals surface area contributed by atoms with Crippen LogP contribution < -0.4 is 4.90 Å². The Balaban J connectivity index is 1.67. The number of benzene rings is 2. The van der Waals surface area contributed by atoms with Crippen molar-refractivity contribution in [3.05, 3.63) is 75.6 Å². The van der Waals surface area contributed by atoms with Gasteiger partial charge in [-0.25, -0.2) is 9.37 Å². The van der Waals surface area contributed by atoms with Crippen molar-refractivity contribution in [2.24, 2.45) is 0 Å². The van der Waals surface area contributed by atoms with Crippen LogP contribution in [0, 0.1) is 25.1 Å².